The Bertz CT molecular complexity index is 685. The summed E-state index contributed by atoms with van der Waals surface area (Å²) in [6.45, 7) is -0.673. The maximum atomic E-state index is 13.7. The number of phosphoric acid groups is 1. The molecule has 1 saturated heterocycles. The topological polar surface area (TPSA) is 131 Å². The largest absolute Gasteiger partial charge is 0.469 e. The van der Waals surface area contributed by atoms with Crippen LogP contribution in [0.2, 0.25) is 5.02 Å². The van der Waals surface area contributed by atoms with Gasteiger partial charge in [-0.1, -0.05) is 11.6 Å². The third-order valence-electron chi connectivity index (χ3n) is 2.80. The number of aromatic amines is 1. The van der Waals surface area contributed by atoms with Crippen LogP contribution in [0.1, 0.15) is 12.6 Å². The summed E-state index contributed by atoms with van der Waals surface area (Å²) < 4.78 is 34.5. The second-order valence-electron chi connectivity index (χ2n) is 4.31. The molecule has 1 aliphatic heterocycles. The van der Waals surface area contributed by atoms with Gasteiger partial charge in [-0.25, -0.2) is 13.8 Å². The first-order chi connectivity index (χ1) is 9.67. The van der Waals surface area contributed by atoms with Gasteiger partial charge < -0.3 is 14.5 Å². The Morgan fingerprint density at radius 3 is 2.86 bits per heavy atom. The van der Waals surface area contributed by atoms with Crippen LogP contribution in [0.3, 0.4) is 0 Å². The average Bonchev–Trinajstić information content (AvgIpc) is 2.72. The minimum absolute atomic E-state index is 0.253. The van der Waals surface area contributed by atoms with Gasteiger partial charge in [-0.05, 0) is 0 Å². The van der Waals surface area contributed by atoms with E-state index in [0.717, 1.165) is 10.8 Å². The van der Waals surface area contributed by atoms with Crippen LogP contribution in [0.5, 0.6) is 0 Å². The zero-order valence-electron chi connectivity index (χ0n) is 10.3. The molecule has 21 heavy (non-hydrogen) atoms. The van der Waals surface area contributed by atoms with Crippen molar-refractivity contribution in [3.8, 4) is 0 Å². The molecule has 1 aromatic heterocycles. The Balaban J connectivity index is 2.14. The van der Waals surface area contributed by atoms with Gasteiger partial charge in [0.2, 0.25) is 0 Å². The number of nitrogens with one attached hydrogen (secondary N) is 1. The van der Waals surface area contributed by atoms with Crippen molar-refractivity contribution in [3.63, 3.8) is 0 Å². The van der Waals surface area contributed by atoms with E-state index in [2.05, 4.69) is 4.52 Å². The van der Waals surface area contributed by atoms with Crippen LogP contribution in [0.15, 0.2) is 15.8 Å². The maximum Gasteiger partial charge on any atom is 0.469 e. The smallest absolute Gasteiger partial charge is 0.349 e. The predicted octanol–water partition coefficient (Wildman–Crippen LogP) is -0.0751. The second kappa shape index (κ2) is 5.99. The van der Waals surface area contributed by atoms with E-state index in [1.807, 2.05) is 4.98 Å². The van der Waals surface area contributed by atoms with Crippen molar-refractivity contribution in [2.75, 3.05) is 6.61 Å². The first-order valence-corrected chi connectivity index (χ1v) is 7.59. The van der Waals surface area contributed by atoms with Crippen LogP contribution in [0.4, 0.5) is 4.39 Å². The zero-order chi connectivity index (χ0) is 15.8. The van der Waals surface area contributed by atoms with Gasteiger partial charge in [0.1, 0.15) is 23.5 Å². The Labute approximate surface area is 121 Å². The SMILES string of the molecule is O=c1[nH]c(=O)n([C@H]2C[C@H](F)[C@@H](COP(=O)(O)O)O2)cc1Cl. The first kappa shape index (κ1) is 16.3. The van der Waals surface area contributed by atoms with E-state index < -0.39 is 44.2 Å². The number of ether oxygens (including phenoxy) is 1. The molecule has 9 nitrogen and oxygen atoms in total. The van der Waals surface area contributed by atoms with E-state index in [1.165, 1.54) is 0 Å². The average molecular weight is 345 g/mol. The quantitative estimate of drug-likeness (QED) is 0.651. The van der Waals surface area contributed by atoms with Crippen LogP contribution in [-0.2, 0) is 13.8 Å². The number of nitrogens with zero attached hydrogens (tertiary/aromatic N) is 1. The third kappa shape index (κ3) is 4.00. The van der Waals surface area contributed by atoms with Gasteiger partial charge in [-0.2, -0.15) is 0 Å². The molecule has 0 bridgehead atoms. The Kier molecular flexibility index (Phi) is 4.66. The molecule has 0 aromatic carbocycles. The number of halogens is 2. The number of hydrogen-bond acceptors (Lipinski definition) is 5. The Hall–Kier alpha value is -1.03. The van der Waals surface area contributed by atoms with Crippen molar-refractivity contribution >= 4 is 19.4 Å². The van der Waals surface area contributed by atoms with Crippen LogP contribution >= 0.6 is 19.4 Å². The second-order valence-corrected chi connectivity index (χ2v) is 5.96. The third-order valence-corrected chi connectivity index (χ3v) is 3.56. The van der Waals surface area contributed by atoms with Gasteiger partial charge in [-0.3, -0.25) is 18.9 Å². The Morgan fingerprint density at radius 2 is 2.24 bits per heavy atom. The summed E-state index contributed by atoms with van der Waals surface area (Å²) in [5, 5.41) is -0.275. The summed E-state index contributed by atoms with van der Waals surface area (Å²) in [6, 6.07) is 0. The van der Waals surface area contributed by atoms with Gasteiger partial charge in [0.15, 0.2) is 0 Å². The number of H-pyrrole nitrogens is 1. The summed E-state index contributed by atoms with van der Waals surface area (Å²) in [5.41, 5.74) is -1.62. The molecule has 3 N–H and O–H groups in total. The standard InChI is InChI=1S/C9H11ClFN2O7P/c10-4-2-13(9(15)12-8(4)14)7-1-5(11)6(20-7)3-19-21(16,17)18/h2,5-7H,1,3H2,(H,12,14,15)(H2,16,17,18)/t5-,6+,7+/m0/s1. The van der Waals surface area contributed by atoms with Crippen LogP contribution < -0.4 is 11.2 Å². The molecule has 0 unspecified atom stereocenters. The van der Waals surface area contributed by atoms with Gasteiger partial charge in [0.25, 0.3) is 5.56 Å². The highest BCUT2D eigenvalue weighted by atomic mass is 35.5. The fraction of sp³-hybridized carbons (Fsp3) is 0.556. The van der Waals surface area contributed by atoms with Crippen molar-refractivity contribution in [3.05, 3.63) is 32.1 Å². The lowest BCUT2D eigenvalue weighted by Gasteiger charge is -2.16. The molecule has 1 aliphatic rings. The molecule has 1 fully saturated rings. The fourth-order valence-corrected chi connectivity index (χ4v) is 2.35. The summed E-state index contributed by atoms with van der Waals surface area (Å²) in [5.74, 6) is 0. The normalized spacial score (nSPS) is 26.2. The van der Waals surface area contributed by atoms with Crippen LogP contribution in [0.25, 0.3) is 0 Å². The molecule has 0 aliphatic carbocycles. The summed E-state index contributed by atoms with van der Waals surface area (Å²) >= 11 is 5.58. The highest BCUT2D eigenvalue weighted by Crippen LogP contribution is 2.38. The number of alkyl halides is 1. The molecule has 0 amide bonds. The van der Waals surface area contributed by atoms with Crippen molar-refractivity contribution < 1.29 is 28.0 Å². The van der Waals surface area contributed by atoms with E-state index in [9.17, 15) is 18.5 Å². The number of phosphoric ester groups is 1. The van der Waals surface area contributed by atoms with E-state index in [1.54, 1.807) is 0 Å². The lowest BCUT2D eigenvalue weighted by Crippen LogP contribution is -2.32. The molecule has 3 atom stereocenters. The Morgan fingerprint density at radius 1 is 1.57 bits per heavy atom. The zero-order valence-corrected chi connectivity index (χ0v) is 12.0. The minimum Gasteiger partial charge on any atom is -0.349 e. The molecular weight excluding hydrogens is 334 g/mol. The summed E-state index contributed by atoms with van der Waals surface area (Å²) in [7, 11) is -4.74. The molecule has 12 heteroatoms. The molecule has 0 saturated carbocycles. The molecule has 2 heterocycles. The number of hydrogen-bond donors (Lipinski definition) is 3. The van der Waals surface area contributed by atoms with E-state index in [0.29, 0.717) is 0 Å². The van der Waals surface area contributed by atoms with Gasteiger partial charge in [0, 0.05) is 12.6 Å². The predicted molar refractivity (Wildman–Crippen MR) is 67.8 cm³/mol. The van der Waals surface area contributed by atoms with Gasteiger partial charge in [-0.15, -0.1) is 0 Å². The molecular formula is C9H11ClFN2O7P. The maximum absolute atomic E-state index is 13.7. The van der Waals surface area contributed by atoms with E-state index >= 15 is 0 Å². The highest BCUT2D eigenvalue weighted by Gasteiger charge is 2.38. The highest BCUT2D eigenvalue weighted by molar-refractivity contribution is 7.46. The first-order valence-electron chi connectivity index (χ1n) is 5.68. The van der Waals surface area contributed by atoms with Crippen molar-refractivity contribution in [1.82, 2.24) is 9.55 Å². The number of aromatic nitrogens is 2. The summed E-state index contributed by atoms with van der Waals surface area (Å²) in [4.78, 5) is 41.8. The molecule has 1 aromatic rings. The molecule has 0 spiro atoms. The minimum atomic E-state index is -4.74. The van der Waals surface area contributed by atoms with Crippen molar-refractivity contribution in [2.45, 2.75) is 24.9 Å². The monoisotopic (exact) mass is 344 g/mol. The lowest BCUT2D eigenvalue weighted by molar-refractivity contribution is -0.0350. The van der Waals surface area contributed by atoms with Crippen LogP contribution in [0, 0.1) is 0 Å². The lowest BCUT2D eigenvalue weighted by atomic mass is 10.2. The van der Waals surface area contributed by atoms with E-state index in [-0.39, 0.29) is 11.4 Å². The van der Waals surface area contributed by atoms with E-state index in [4.69, 9.17) is 26.1 Å². The van der Waals surface area contributed by atoms with Crippen molar-refractivity contribution in [1.29, 1.82) is 0 Å². The molecule has 2 rings (SSSR count). The summed E-state index contributed by atoms with van der Waals surface area (Å²) in [6.07, 6.45) is -3.16. The number of rotatable bonds is 4. The fourth-order valence-electron chi connectivity index (χ4n) is 1.86. The van der Waals surface area contributed by atoms with Crippen LogP contribution in [-0.4, -0.2) is 38.2 Å². The molecule has 0 radical (unpaired) electrons. The van der Waals surface area contributed by atoms with Gasteiger partial charge in [0.05, 0.1) is 6.61 Å². The van der Waals surface area contributed by atoms with Crippen molar-refractivity contribution in [2.24, 2.45) is 0 Å². The molecule has 118 valence electrons. The van der Waals surface area contributed by atoms with Gasteiger partial charge >= 0.3 is 13.5 Å².